The van der Waals surface area contributed by atoms with Crippen molar-refractivity contribution in [1.82, 2.24) is 5.43 Å². The molecule has 2 aliphatic carbocycles. The van der Waals surface area contributed by atoms with E-state index in [1.165, 1.54) is 25.7 Å². The summed E-state index contributed by atoms with van der Waals surface area (Å²) in [5.41, 5.74) is 3.14. The van der Waals surface area contributed by atoms with Gasteiger partial charge in [-0.2, -0.15) is 5.10 Å². The number of hydrogen-bond donors (Lipinski definition) is 1. The summed E-state index contributed by atoms with van der Waals surface area (Å²) in [5, 5.41) is 4.15. The molecule has 1 aliphatic heterocycles. The maximum absolute atomic E-state index is 12.1. The molecule has 1 heterocycles. The van der Waals surface area contributed by atoms with E-state index in [1.54, 1.807) is 18.2 Å². The number of ether oxygens (including phenoxy) is 2. The normalized spacial score (nSPS) is 29.2. The van der Waals surface area contributed by atoms with Crippen molar-refractivity contribution in [3.63, 3.8) is 0 Å². The molecule has 1 aromatic carbocycles. The Morgan fingerprint density at radius 3 is 2.95 bits per heavy atom. The summed E-state index contributed by atoms with van der Waals surface area (Å²) >= 11 is 0. The number of amides is 1. The van der Waals surface area contributed by atoms with E-state index in [1.807, 2.05) is 6.21 Å². The number of benzene rings is 1. The molecule has 5 heteroatoms. The summed E-state index contributed by atoms with van der Waals surface area (Å²) in [5.74, 6) is 3.28. The van der Waals surface area contributed by atoms with Gasteiger partial charge in [0.1, 0.15) is 0 Å². The standard InChI is InChI=1S/C16H18N2O3/c19-16(12-3-4-14-15(7-12)21-9-20-14)18-17-8-13-6-10-1-2-11(13)5-10/h3-4,7-8,10-11,13H,1-2,5-6,9H2,(H,18,19)/b17-8-. The zero-order valence-corrected chi connectivity index (χ0v) is 11.7. The van der Waals surface area contributed by atoms with E-state index in [2.05, 4.69) is 10.5 Å². The molecule has 0 aromatic heterocycles. The Labute approximate surface area is 123 Å². The highest BCUT2D eigenvalue weighted by molar-refractivity contribution is 5.95. The molecule has 3 unspecified atom stereocenters. The Hall–Kier alpha value is -2.04. The van der Waals surface area contributed by atoms with Crippen LogP contribution in [0.25, 0.3) is 0 Å². The topological polar surface area (TPSA) is 59.9 Å². The largest absolute Gasteiger partial charge is 0.454 e. The van der Waals surface area contributed by atoms with Gasteiger partial charge in [0.2, 0.25) is 6.79 Å². The monoisotopic (exact) mass is 286 g/mol. The number of fused-ring (bicyclic) bond motifs is 3. The lowest BCUT2D eigenvalue weighted by Crippen LogP contribution is -2.20. The van der Waals surface area contributed by atoms with Crippen molar-refractivity contribution in [2.45, 2.75) is 25.7 Å². The molecule has 0 radical (unpaired) electrons. The minimum atomic E-state index is -0.215. The molecule has 110 valence electrons. The minimum absolute atomic E-state index is 0.211. The quantitative estimate of drug-likeness (QED) is 0.686. The third-order valence-electron chi connectivity index (χ3n) is 4.86. The van der Waals surface area contributed by atoms with Gasteiger partial charge in [0.25, 0.3) is 5.91 Å². The van der Waals surface area contributed by atoms with Crippen LogP contribution in [-0.4, -0.2) is 18.9 Å². The highest BCUT2D eigenvalue weighted by Gasteiger charge is 2.38. The van der Waals surface area contributed by atoms with Crippen LogP contribution in [0.1, 0.15) is 36.0 Å². The van der Waals surface area contributed by atoms with Crippen molar-refractivity contribution in [3.05, 3.63) is 23.8 Å². The zero-order chi connectivity index (χ0) is 14.2. The Morgan fingerprint density at radius 2 is 2.14 bits per heavy atom. The summed E-state index contributed by atoms with van der Waals surface area (Å²) in [6, 6.07) is 5.15. The van der Waals surface area contributed by atoms with Gasteiger partial charge in [0, 0.05) is 11.8 Å². The van der Waals surface area contributed by atoms with E-state index < -0.39 is 0 Å². The second kappa shape index (κ2) is 5.06. The van der Waals surface area contributed by atoms with E-state index in [0.717, 1.165) is 11.8 Å². The van der Waals surface area contributed by atoms with Gasteiger partial charge in [0.15, 0.2) is 11.5 Å². The van der Waals surface area contributed by atoms with Crippen LogP contribution in [0.3, 0.4) is 0 Å². The summed E-state index contributed by atoms with van der Waals surface area (Å²) in [4.78, 5) is 12.1. The van der Waals surface area contributed by atoms with Crippen LogP contribution in [0.5, 0.6) is 11.5 Å². The molecule has 3 aliphatic rings. The lowest BCUT2D eigenvalue weighted by atomic mass is 9.90. The van der Waals surface area contributed by atoms with Gasteiger partial charge < -0.3 is 9.47 Å². The smallest absolute Gasteiger partial charge is 0.271 e. The van der Waals surface area contributed by atoms with Gasteiger partial charge in [-0.05, 0) is 55.2 Å². The summed E-state index contributed by atoms with van der Waals surface area (Å²) in [6.45, 7) is 0.211. The van der Waals surface area contributed by atoms with Crippen molar-refractivity contribution in [3.8, 4) is 11.5 Å². The third kappa shape index (κ3) is 2.37. The fourth-order valence-electron chi connectivity index (χ4n) is 3.77. The molecular weight excluding hydrogens is 268 g/mol. The first-order valence-corrected chi connectivity index (χ1v) is 7.53. The maximum atomic E-state index is 12.1. The molecule has 1 N–H and O–H groups in total. The van der Waals surface area contributed by atoms with E-state index in [-0.39, 0.29) is 12.7 Å². The second-order valence-electron chi connectivity index (χ2n) is 6.13. The summed E-state index contributed by atoms with van der Waals surface area (Å²) in [7, 11) is 0. The Bertz CT molecular complexity index is 599. The first-order valence-electron chi connectivity index (χ1n) is 7.53. The molecule has 5 nitrogen and oxygen atoms in total. The molecule has 21 heavy (non-hydrogen) atoms. The molecule has 1 aromatic rings. The zero-order valence-electron chi connectivity index (χ0n) is 11.7. The molecule has 2 saturated carbocycles. The van der Waals surface area contributed by atoms with Crippen molar-refractivity contribution < 1.29 is 14.3 Å². The van der Waals surface area contributed by atoms with Gasteiger partial charge in [-0.1, -0.05) is 6.42 Å². The maximum Gasteiger partial charge on any atom is 0.271 e. The Morgan fingerprint density at radius 1 is 1.24 bits per heavy atom. The van der Waals surface area contributed by atoms with Crippen LogP contribution in [0.15, 0.2) is 23.3 Å². The number of hydrogen-bond acceptors (Lipinski definition) is 4. The molecule has 3 atom stereocenters. The van der Waals surface area contributed by atoms with Gasteiger partial charge in [0.05, 0.1) is 0 Å². The minimum Gasteiger partial charge on any atom is -0.454 e. The van der Waals surface area contributed by atoms with Crippen LogP contribution in [0.2, 0.25) is 0 Å². The number of nitrogens with zero attached hydrogens (tertiary/aromatic N) is 1. The highest BCUT2D eigenvalue weighted by atomic mass is 16.7. The van der Waals surface area contributed by atoms with Crippen LogP contribution in [-0.2, 0) is 0 Å². The molecular formula is C16H18N2O3. The molecule has 0 saturated heterocycles. The summed E-state index contributed by atoms with van der Waals surface area (Å²) < 4.78 is 10.5. The number of carbonyl (C=O) groups excluding carboxylic acids is 1. The molecule has 1 amide bonds. The molecule has 0 spiro atoms. The van der Waals surface area contributed by atoms with E-state index in [9.17, 15) is 4.79 Å². The van der Waals surface area contributed by atoms with Crippen LogP contribution in [0, 0.1) is 17.8 Å². The van der Waals surface area contributed by atoms with Gasteiger partial charge >= 0.3 is 0 Å². The van der Waals surface area contributed by atoms with E-state index in [0.29, 0.717) is 23.0 Å². The Kier molecular flexibility index (Phi) is 3.05. The van der Waals surface area contributed by atoms with Gasteiger partial charge in [-0.15, -0.1) is 0 Å². The number of rotatable bonds is 3. The van der Waals surface area contributed by atoms with Crippen molar-refractivity contribution in [2.24, 2.45) is 22.9 Å². The van der Waals surface area contributed by atoms with Crippen LogP contribution >= 0.6 is 0 Å². The van der Waals surface area contributed by atoms with Crippen LogP contribution in [0.4, 0.5) is 0 Å². The number of hydrazone groups is 1. The second-order valence-corrected chi connectivity index (χ2v) is 6.13. The average molecular weight is 286 g/mol. The average Bonchev–Trinajstić information content (AvgIpc) is 3.22. The lowest BCUT2D eigenvalue weighted by Gasteiger charge is -2.16. The number of nitrogens with one attached hydrogen (secondary N) is 1. The predicted molar refractivity (Wildman–Crippen MR) is 77.5 cm³/mol. The molecule has 4 rings (SSSR count). The molecule has 2 bridgehead atoms. The van der Waals surface area contributed by atoms with Crippen LogP contribution < -0.4 is 14.9 Å². The van der Waals surface area contributed by atoms with Crippen molar-refractivity contribution in [2.75, 3.05) is 6.79 Å². The predicted octanol–water partition coefficient (Wildman–Crippen LogP) is 2.57. The highest BCUT2D eigenvalue weighted by Crippen LogP contribution is 2.47. The fourth-order valence-corrected chi connectivity index (χ4v) is 3.77. The van der Waals surface area contributed by atoms with E-state index >= 15 is 0 Å². The molecule has 2 fully saturated rings. The number of carbonyl (C=O) groups is 1. The summed E-state index contributed by atoms with van der Waals surface area (Å²) in [6.07, 6.45) is 7.19. The fraction of sp³-hybridized carbons (Fsp3) is 0.500. The van der Waals surface area contributed by atoms with E-state index in [4.69, 9.17) is 9.47 Å². The lowest BCUT2D eigenvalue weighted by molar-refractivity contribution is 0.0954. The van der Waals surface area contributed by atoms with Gasteiger partial charge in [-0.3, -0.25) is 4.79 Å². The first-order chi connectivity index (χ1) is 10.3. The van der Waals surface area contributed by atoms with Gasteiger partial charge in [-0.25, -0.2) is 5.43 Å². The Balaban J connectivity index is 1.37. The van der Waals surface area contributed by atoms with Crippen molar-refractivity contribution >= 4 is 12.1 Å². The first kappa shape index (κ1) is 12.7. The SMILES string of the molecule is O=C(N/N=C\C1CC2CCC1C2)c1ccc2c(c1)OCO2. The van der Waals surface area contributed by atoms with Crippen molar-refractivity contribution in [1.29, 1.82) is 0 Å². The third-order valence-corrected chi connectivity index (χ3v) is 4.86.